The van der Waals surface area contributed by atoms with Crippen molar-refractivity contribution in [2.75, 3.05) is 10.6 Å². The Hall–Kier alpha value is -2.95. The van der Waals surface area contributed by atoms with Crippen molar-refractivity contribution in [2.24, 2.45) is 0 Å². The van der Waals surface area contributed by atoms with Crippen molar-refractivity contribution >= 4 is 11.6 Å². The third-order valence-electron chi connectivity index (χ3n) is 3.44. The fourth-order valence-corrected chi connectivity index (χ4v) is 2.17. The van der Waals surface area contributed by atoms with Crippen LogP contribution in [0.15, 0.2) is 60.9 Å². The van der Waals surface area contributed by atoms with Crippen LogP contribution in [0.25, 0.3) is 0 Å². The first-order valence-corrected chi connectivity index (χ1v) is 7.56. The molecule has 3 aromatic rings. The van der Waals surface area contributed by atoms with Gasteiger partial charge in [-0.2, -0.15) is 0 Å². The van der Waals surface area contributed by atoms with Gasteiger partial charge >= 0.3 is 0 Å². The number of anilines is 2. The number of aromatic nitrogens is 3. The Morgan fingerprint density at radius 3 is 2.04 bits per heavy atom. The van der Waals surface area contributed by atoms with Gasteiger partial charge in [-0.3, -0.25) is 9.97 Å². The zero-order valence-corrected chi connectivity index (χ0v) is 13.0. The molecule has 0 amide bonds. The molecule has 0 aliphatic carbocycles. The quantitative estimate of drug-likeness (QED) is 0.731. The summed E-state index contributed by atoms with van der Waals surface area (Å²) < 4.78 is 0. The Bertz CT molecular complexity index is 744. The monoisotopic (exact) mass is 305 g/mol. The van der Waals surface area contributed by atoms with Gasteiger partial charge in [-0.1, -0.05) is 18.2 Å². The summed E-state index contributed by atoms with van der Waals surface area (Å²) in [5, 5.41) is 6.64. The van der Waals surface area contributed by atoms with E-state index in [1.165, 1.54) is 0 Å². The van der Waals surface area contributed by atoms with Crippen LogP contribution in [-0.2, 0) is 13.1 Å². The molecule has 3 aromatic heterocycles. The summed E-state index contributed by atoms with van der Waals surface area (Å²) in [5.41, 5.74) is 3.07. The van der Waals surface area contributed by atoms with Crippen LogP contribution >= 0.6 is 0 Å². The van der Waals surface area contributed by atoms with Gasteiger partial charge in [0, 0.05) is 12.4 Å². The van der Waals surface area contributed by atoms with E-state index < -0.39 is 0 Å². The molecule has 0 fully saturated rings. The van der Waals surface area contributed by atoms with Gasteiger partial charge < -0.3 is 10.6 Å². The van der Waals surface area contributed by atoms with Crippen molar-refractivity contribution < 1.29 is 0 Å². The van der Waals surface area contributed by atoms with Crippen molar-refractivity contribution in [3.05, 3.63) is 77.9 Å². The lowest BCUT2D eigenvalue weighted by Crippen LogP contribution is -2.07. The number of aryl methyl sites for hydroxylation is 1. The standard InChI is InChI=1S/C18H19N5/c1-14-8-9-17(21-12-15-6-2-4-10-19-15)23-18(14)22-13-16-7-3-5-11-20-16/h2-11H,12-13H2,1H3,(H2,21,22,23). The number of nitrogens with zero attached hydrogens (tertiary/aromatic N) is 3. The first-order valence-electron chi connectivity index (χ1n) is 7.56. The molecule has 0 saturated heterocycles. The van der Waals surface area contributed by atoms with Crippen LogP contribution in [0.2, 0.25) is 0 Å². The van der Waals surface area contributed by atoms with E-state index in [0.717, 1.165) is 28.6 Å². The highest BCUT2D eigenvalue weighted by Gasteiger charge is 2.03. The number of rotatable bonds is 6. The minimum absolute atomic E-state index is 0.649. The average Bonchev–Trinajstić information content (AvgIpc) is 2.62. The number of nitrogens with one attached hydrogen (secondary N) is 2. The molecule has 23 heavy (non-hydrogen) atoms. The van der Waals surface area contributed by atoms with Gasteiger partial charge in [0.05, 0.1) is 24.5 Å². The van der Waals surface area contributed by atoms with Crippen LogP contribution in [0.5, 0.6) is 0 Å². The number of hydrogen-bond acceptors (Lipinski definition) is 5. The van der Waals surface area contributed by atoms with E-state index in [-0.39, 0.29) is 0 Å². The smallest absolute Gasteiger partial charge is 0.131 e. The molecule has 3 rings (SSSR count). The molecular formula is C18H19N5. The van der Waals surface area contributed by atoms with E-state index >= 15 is 0 Å². The summed E-state index contributed by atoms with van der Waals surface area (Å²) in [4.78, 5) is 13.2. The van der Waals surface area contributed by atoms with Gasteiger partial charge in [0.2, 0.25) is 0 Å². The fourth-order valence-electron chi connectivity index (χ4n) is 2.17. The Labute approximate surface area is 135 Å². The molecule has 0 aliphatic heterocycles. The Kier molecular flexibility index (Phi) is 4.79. The second-order valence-electron chi connectivity index (χ2n) is 5.21. The third kappa shape index (κ3) is 4.26. The molecule has 2 N–H and O–H groups in total. The van der Waals surface area contributed by atoms with Crippen LogP contribution < -0.4 is 10.6 Å². The van der Waals surface area contributed by atoms with Crippen LogP contribution in [0.1, 0.15) is 17.0 Å². The van der Waals surface area contributed by atoms with Crippen molar-refractivity contribution in [3.63, 3.8) is 0 Å². The minimum atomic E-state index is 0.649. The lowest BCUT2D eigenvalue weighted by molar-refractivity contribution is 1.01. The van der Waals surface area contributed by atoms with Crippen molar-refractivity contribution in [1.82, 2.24) is 15.0 Å². The minimum Gasteiger partial charge on any atom is -0.364 e. The van der Waals surface area contributed by atoms with Gasteiger partial charge in [0.25, 0.3) is 0 Å². The largest absolute Gasteiger partial charge is 0.364 e. The zero-order valence-electron chi connectivity index (χ0n) is 13.0. The molecule has 0 radical (unpaired) electrons. The fraction of sp³-hybridized carbons (Fsp3) is 0.167. The molecule has 5 nitrogen and oxygen atoms in total. The molecule has 0 aliphatic rings. The number of pyridine rings is 3. The molecule has 5 heteroatoms. The lowest BCUT2D eigenvalue weighted by Gasteiger charge is -2.11. The second kappa shape index (κ2) is 7.35. The first-order chi connectivity index (χ1) is 11.3. The molecule has 0 atom stereocenters. The molecule has 0 spiro atoms. The Balaban J connectivity index is 1.64. The van der Waals surface area contributed by atoms with E-state index in [1.807, 2.05) is 49.4 Å². The Morgan fingerprint density at radius 1 is 0.783 bits per heavy atom. The van der Waals surface area contributed by atoms with Crippen LogP contribution in [0.3, 0.4) is 0 Å². The maximum atomic E-state index is 4.62. The molecular weight excluding hydrogens is 286 g/mol. The van der Waals surface area contributed by atoms with Crippen LogP contribution in [0.4, 0.5) is 11.6 Å². The summed E-state index contributed by atoms with van der Waals surface area (Å²) in [6.45, 7) is 3.34. The SMILES string of the molecule is Cc1ccc(NCc2ccccn2)nc1NCc1ccccn1. The highest BCUT2D eigenvalue weighted by molar-refractivity contribution is 5.51. The van der Waals surface area contributed by atoms with Crippen molar-refractivity contribution in [1.29, 1.82) is 0 Å². The maximum absolute atomic E-state index is 4.62. The second-order valence-corrected chi connectivity index (χ2v) is 5.21. The normalized spacial score (nSPS) is 10.3. The molecule has 0 unspecified atom stereocenters. The summed E-state index contributed by atoms with van der Waals surface area (Å²) in [5.74, 6) is 1.69. The van der Waals surface area contributed by atoms with E-state index in [1.54, 1.807) is 12.4 Å². The van der Waals surface area contributed by atoms with Crippen molar-refractivity contribution in [3.8, 4) is 0 Å². The lowest BCUT2D eigenvalue weighted by atomic mass is 10.2. The van der Waals surface area contributed by atoms with Gasteiger partial charge in [-0.15, -0.1) is 0 Å². The zero-order chi connectivity index (χ0) is 15.9. The van der Waals surface area contributed by atoms with Gasteiger partial charge in [-0.25, -0.2) is 4.98 Å². The topological polar surface area (TPSA) is 62.7 Å². The van der Waals surface area contributed by atoms with Crippen molar-refractivity contribution in [2.45, 2.75) is 20.0 Å². The summed E-state index contributed by atoms with van der Waals surface area (Å²) >= 11 is 0. The maximum Gasteiger partial charge on any atom is 0.131 e. The predicted molar refractivity (Wildman–Crippen MR) is 92.1 cm³/mol. The van der Waals surface area contributed by atoms with Crippen LogP contribution in [-0.4, -0.2) is 15.0 Å². The molecule has 3 heterocycles. The van der Waals surface area contributed by atoms with Crippen LogP contribution in [0, 0.1) is 6.92 Å². The summed E-state index contributed by atoms with van der Waals surface area (Å²) in [6, 6.07) is 15.8. The summed E-state index contributed by atoms with van der Waals surface area (Å²) in [6.07, 6.45) is 3.58. The molecule has 0 aromatic carbocycles. The first kappa shape index (κ1) is 15.0. The molecule has 0 saturated carbocycles. The van der Waals surface area contributed by atoms with Gasteiger partial charge in [0.1, 0.15) is 11.6 Å². The van der Waals surface area contributed by atoms with Gasteiger partial charge in [-0.05, 0) is 42.8 Å². The third-order valence-corrected chi connectivity index (χ3v) is 3.44. The van der Waals surface area contributed by atoms with Gasteiger partial charge in [0.15, 0.2) is 0 Å². The number of hydrogen-bond donors (Lipinski definition) is 2. The highest BCUT2D eigenvalue weighted by Crippen LogP contribution is 2.16. The van der Waals surface area contributed by atoms with E-state index in [9.17, 15) is 0 Å². The molecule has 116 valence electrons. The molecule has 0 bridgehead atoms. The summed E-state index contributed by atoms with van der Waals surface area (Å²) in [7, 11) is 0. The van der Waals surface area contributed by atoms with E-state index in [4.69, 9.17) is 0 Å². The highest BCUT2D eigenvalue weighted by atomic mass is 15.1. The Morgan fingerprint density at radius 2 is 1.43 bits per heavy atom. The average molecular weight is 305 g/mol. The van der Waals surface area contributed by atoms with E-state index in [0.29, 0.717) is 13.1 Å². The van der Waals surface area contributed by atoms with E-state index in [2.05, 4.69) is 31.7 Å². The predicted octanol–water partition coefficient (Wildman–Crippen LogP) is 3.40.